The molecule has 2 fully saturated rings. The van der Waals surface area contributed by atoms with Gasteiger partial charge in [0.1, 0.15) is 24.5 Å². The highest BCUT2D eigenvalue weighted by Gasteiger charge is 2.44. The Morgan fingerprint density at radius 1 is 1.18 bits per heavy atom. The summed E-state index contributed by atoms with van der Waals surface area (Å²) >= 11 is 0. The van der Waals surface area contributed by atoms with Gasteiger partial charge in [-0.15, -0.1) is 12.4 Å². The fraction of sp³-hybridized carbons (Fsp3) is 0.591. The van der Waals surface area contributed by atoms with Crippen molar-refractivity contribution in [3.05, 3.63) is 29.8 Å². The molecule has 4 atom stereocenters. The highest BCUT2D eigenvalue weighted by Crippen LogP contribution is 2.33. The number of alkyl halides is 1. The highest BCUT2D eigenvalue weighted by atomic mass is 35.5. The molecule has 2 saturated heterocycles. The van der Waals surface area contributed by atoms with E-state index in [1.54, 1.807) is 4.90 Å². The first-order valence-electron chi connectivity index (χ1n) is 11.2. The minimum absolute atomic E-state index is 0. The van der Waals surface area contributed by atoms with Crippen LogP contribution in [0, 0.1) is 0 Å². The van der Waals surface area contributed by atoms with Crippen molar-refractivity contribution in [3.8, 4) is 5.75 Å². The minimum Gasteiger partial charge on any atom is -0.493 e. The molecule has 1 aromatic carbocycles. The van der Waals surface area contributed by atoms with Crippen LogP contribution in [0.3, 0.4) is 0 Å². The zero-order valence-electron chi connectivity index (χ0n) is 18.4. The van der Waals surface area contributed by atoms with Gasteiger partial charge in [0.05, 0.1) is 12.6 Å². The van der Waals surface area contributed by atoms with E-state index in [9.17, 15) is 18.8 Å². The Balaban J connectivity index is 0.00000306. The maximum Gasteiger partial charge on any atom is 0.317 e. The van der Waals surface area contributed by atoms with Gasteiger partial charge >= 0.3 is 6.03 Å². The number of benzene rings is 1. The molecule has 9 nitrogen and oxygen atoms in total. The summed E-state index contributed by atoms with van der Waals surface area (Å²) in [6.07, 6.45) is 2.43. The van der Waals surface area contributed by atoms with Gasteiger partial charge in [-0.3, -0.25) is 9.59 Å². The molecule has 3 aliphatic heterocycles. The third-order valence-electron chi connectivity index (χ3n) is 6.46. The van der Waals surface area contributed by atoms with Gasteiger partial charge in [-0.1, -0.05) is 18.2 Å². The van der Waals surface area contributed by atoms with E-state index in [0.717, 1.165) is 11.3 Å². The van der Waals surface area contributed by atoms with E-state index in [0.29, 0.717) is 38.8 Å². The number of amides is 4. The first kappa shape index (κ1) is 25.0. The molecule has 0 bridgehead atoms. The molecule has 0 unspecified atom stereocenters. The fourth-order valence-corrected chi connectivity index (χ4v) is 4.87. The third-order valence-corrected chi connectivity index (χ3v) is 6.46. The Bertz CT molecular complexity index is 875. The van der Waals surface area contributed by atoms with E-state index < -0.39 is 24.8 Å². The first-order valence-corrected chi connectivity index (χ1v) is 11.2. The lowest BCUT2D eigenvalue weighted by Crippen LogP contribution is -2.60. The van der Waals surface area contributed by atoms with Gasteiger partial charge in [0, 0.05) is 37.7 Å². The number of hydrogen-bond acceptors (Lipinski definition) is 5. The number of nitrogens with zero attached hydrogens (tertiary/aromatic N) is 2. The van der Waals surface area contributed by atoms with Crippen molar-refractivity contribution >= 4 is 30.3 Å². The number of para-hydroxylation sites is 1. The Hall–Kier alpha value is -2.59. The molecule has 1 aromatic rings. The molecule has 0 radical (unpaired) electrons. The molecule has 0 spiro atoms. The Labute approximate surface area is 198 Å². The minimum atomic E-state index is -0.939. The van der Waals surface area contributed by atoms with Crippen molar-refractivity contribution in [2.24, 2.45) is 5.73 Å². The topological polar surface area (TPSA) is 117 Å². The van der Waals surface area contributed by atoms with Gasteiger partial charge in [0.25, 0.3) is 0 Å². The number of carbonyl (C=O) groups excluding carboxylic acids is 3. The molecule has 4 N–H and O–H groups in total. The monoisotopic (exact) mass is 483 g/mol. The molecule has 3 heterocycles. The normalized spacial score (nSPS) is 26.7. The second-order valence-corrected chi connectivity index (χ2v) is 8.49. The van der Waals surface area contributed by atoms with E-state index in [-0.39, 0.29) is 49.4 Å². The quantitative estimate of drug-likeness (QED) is 0.593. The number of rotatable bonds is 4. The highest BCUT2D eigenvalue weighted by molar-refractivity contribution is 5.91. The molecule has 0 aliphatic carbocycles. The van der Waals surface area contributed by atoms with Crippen LogP contribution in [-0.2, 0) is 9.59 Å². The summed E-state index contributed by atoms with van der Waals surface area (Å²) in [5.74, 6) is 0.250. The summed E-state index contributed by atoms with van der Waals surface area (Å²) < 4.78 is 18.1. The second-order valence-electron chi connectivity index (χ2n) is 8.49. The van der Waals surface area contributed by atoms with Gasteiger partial charge in [0.2, 0.25) is 11.8 Å². The van der Waals surface area contributed by atoms with Crippen LogP contribution in [0.1, 0.15) is 37.3 Å². The van der Waals surface area contributed by atoms with Crippen molar-refractivity contribution in [1.29, 1.82) is 0 Å². The summed E-state index contributed by atoms with van der Waals surface area (Å²) in [6, 6.07) is 5.35. The van der Waals surface area contributed by atoms with Gasteiger partial charge in [0.15, 0.2) is 0 Å². The molecule has 11 heteroatoms. The van der Waals surface area contributed by atoms with E-state index >= 15 is 0 Å². The van der Waals surface area contributed by atoms with Crippen molar-refractivity contribution in [2.75, 3.05) is 32.9 Å². The molecule has 33 heavy (non-hydrogen) atoms. The maximum absolute atomic E-state index is 13.2. The number of nitrogens with one attached hydrogen (secondary N) is 2. The first-order chi connectivity index (χ1) is 15.5. The predicted octanol–water partition coefficient (Wildman–Crippen LogP) is 1.12. The van der Waals surface area contributed by atoms with Crippen LogP contribution in [0.4, 0.5) is 9.18 Å². The van der Waals surface area contributed by atoms with Crippen LogP contribution in [0.15, 0.2) is 24.3 Å². The maximum atomic E-state index is 13.2. The van der Waals surface area contributed by atoms with Crippen LogP contribution < -0.4 is 21.1 Å². The number of fused-ring (bicyclic) bond motifs is 2. The number of hydrogen-bond donors (Lipinski definition) is 3. The molecular formula is C22H31ClFN5O4. The second kappa shape index (κ2) is 11.0. The lowest BCUT2D eigenvalue weighted by molar-refractivity contribution is -0.142. The summed E-state index contributed by atoms with van der Waals surface area (Å²) in [5, 5.41) is 5.59. The lowest BCUT2D eigenvalue weighted by atomic mass is 10.00. The van der Waals surface area contributed by atoms with Crippen LogP contribution in [-0.4, -0.2) is 78.7 Å². The number of nitrogens with two attached hydrogens (primary N) is 1. The number of ether oxygens (including phenoxy) is 1. The molecular weight excluding hydrogens is 453 g/mol. The molecule has 0 saturated carbocycles. The third kappa shape index (κ3) is 5.33. The smallest absolute Gasteiger partial charge is 0.317 e. The predicted molar refractivity (Wildman–Crippen MR) is 122 cm³/mol. The average Bonchev–Trinajstić information content (AvgIpc) is 3.22. The van der Waals surface area contributed by atoms with E-state index in [4.69, 9.17) is 10.5 Å². The molecule has 182 valence electrons. The van der Waals surface area contributed by atoms with Crippen LogP contribution in [0.5, 0.6) is 5.75 Å². The van der Waals surface area contributed by atoms with Crippen molar-refractivity contribution < 1.29 is 23.5 Å². The molecule has 0 aromatic heterocycles. The standard InChI is InChI=1S/C22H30FN5O4.ClH/c23-9-10-25-22(31)27-11-7-14-5-6-18(28(14)21(30)16(24)13-27)20(29)26-17-8-12-32-19-4-2-1-3-15(17)19;/h1-4,14,16-18H,5-13,24H2,(H,25,31)(H,26,29);1H/t14-,16+,17-,18+;/m1./s1. The van der Waals surface area contributed by atoms with Crippen molar-refractivity contribution in [2.45, 2.75) is 49.9 Å². The largest absolute Gasteiger partial charge is 0.493 e. The summed E-state index contributed by atoms with van der Waals surface area (Å²) in [7, 11) is 0. The van der Waals surface area contributed by atoms with Gasteiger partial charge in [-0.2, -0.15) is 0 Å². The van der Waals surface area contributed by atoms with Crippen LogP contribution in [0.2, 0.25) is 0 Å². The van der Waals surface area contributed by atoms with Crippen molar-refractivity contribution in [1.82, 2.24) is 20.4 Å². The Morgan fingerprint density at radius 2 is 1.97 bits per heavy atom. The van der Waals surface area contributed by atoms with Gasteiger partial charge < -0.3 is 30.9 Å². The zero-order valence-corrected chi connectivity index (χ0v) is 19.2. The Morgan fingerprint density at radius 3 is 2.76 bits per heavy atom. The number of urea groups is 1. The summed E-state index contributed by atoms with van der Waals surface area (Å²) in [4.78, 5) is 41.7. The lowest BCUT2D eigenvalue weighted by Gasteiger charge is -2.38. The van der Waals surface area contributed by atoms with E-state index in [1.165, 1.54) is 4.90 Å². The van der Waals surface area contributed by atoms with Gasteiger partial charge in [-0.25, -0.2) is 9.18 Å². The number of carbonyl (C=O) groups is 3. The van der Waals surface area contributed by atoms with Crippen LogP contribution in [0.25, 0.3) is 0 Å². The zero-order chi connectivity index (χ0) is 22.7. The fourth-order valence-electron chi connectivity index (χ4n) is 4.87. The van der Waals surface area contributed by atoms with Crippen LogP contribution >= 0.6 is 12.4 Å². The molecule has 4 rings (SSSR count). The summed E-state index contributed by atoms with van der Waals surface area (Å²) in [5.41, 5.74) is 7.07. The molecule has 3 aliphatic rings. The van der Waals surface area contributed by atoms with Crippen molar-refractivity contribution in [3.63, 3.8) is 0 Å². The number of halogens is 2. The summed E-state index contributed by atoms with van der Waals surface area (Å²) in [6.45, 7) is 0.202. The Kier molecular flexibility index (Phi) is 8.36. The average molecular weight is 484 g/mol. The molecule has 4 amide bonds. The van der Waals surface area contributed by atoms with E-state index in [1.807, 2.05) is 24.3 Å². The van der Waals surface area contributed by atoms with E-state index in [2.05, 4.69) is 10.6 Å². The SMILES string of the molecule is Cl.N[C@H]1CN(C(=O)NCCF)CC[C@H]2CC[C@@H](C(=O)N[C@@H]3CCOc4ccccc43)N2C1=O. The van der Waals surface area contributed by atoms with Gasteiger partial charge in [-0.05, 0) is 25.3 Å².